The number of pyridine rings is 1. The quantitative estimate of drug-likeness (QED) is 0.345. The molecule has 0 radical (unpaired) electrons. The van der Waals surface area contributed by atoms with Crippen molar-refractivity contribution >= 4 is 17.1 Å². The molecule has 10 heteroatoms. The van der Waals surface area contributed by atoms with Crippen LogP contribution in [-0.2, 0) is 24.2 Å². The fourth-order valence-electron chi connectivity index (χ4n) is 3.93. The van der Waals surface area contributed by atoms with Gasteiger partial charge in [0.2, 0.25) is 5.91 Å². The van der Waals surface area contributed by atoms with Gasteiger partial charge in [-0.3, -0.25) is 4.79 Å². The van der Waals surface area contributed by atoms with Gasteiger partial charge in [0.1, 0.15) is 17.1 Å². The standard InChI is InChI=1S/C26H25F3N4O3/c27-26(28,29)36-21-10-8-19(9-11-21)16-33-23(32-22-7-4-14-30-25(22)33)12-13-24(35)31-20(17-34)15-18-5-2-1-3-6-18/h1-11,14,20,34H,12-13,15-17H2,(H,31,35)/t20-/m0/s1. The molecule has 0 saturated carbocycles. The van der Waals surface area contributed by atoms with Crippen molar-refractivity contribution in [2.45, 2.75) is 38.2 Å². The Bertz CT molecular complexity index is 1290. The Morgan fingerprint density at radius 1 is 1.03 bits per heavy atom. The second kappa shape index (κ2) is 11.2. The molecule has 2 aromatic carbocycles. The van der Waals surface area contributed by atoms with Crippen molar-refractivity contribution in [1.82, 2.24) is 19.9 Å². The highest BCUT2D eigenvalue weighted by molar-refractivity contribution is 5.77. The second-order valence-electron chi connectivity index (χ2n) is 8.29. The van der Waals surface area contributed by atoms with E-state index in [0.717, 1.165) is 11.1 Å². The number of ether oxygens (including phenoxy) is 1. The molecule has 36 heavy (non-hydrogen) atoms. The number of hydrogen-bond acceptors (Lipinski definition) is 5. The first-order chi connectivity index (χ1) is 17.3. The van der Waals surface area contributed by atoms with Crippen molar-refractivity contribution in [3.05, 3.63) is 89.9 Å². The maximum absolute atomic E-state index is 12.6. The number of aliphatic hydroxyl groups is 1. The minimum Gasteiger partial charge on any atom is -0.406 e. The summed E-state index contributed by atoms with van der Waals surface area (Å²) in [5.74, 6) is 0.106. The SMILES string of the molecule is O=C(CCc1nc2cccnc2n1Cc1ccc(OC(F)(F)F)cc1)N[C@H](CO)Cc1ccccc1. The van der Waals surface area contributed by atoms with E-state index in [1.807, 2.05) is 41.0 Å². The second-order valence-corrected chi connectivity index (χ2v) is 8.29. The van der Waals surface area contributed by atoms with Gasteiger partial charge in [-0.25, -0.2) is 9.97 Å². The first kappa shape index (κ1) is 25.2. The molecule has 0 aliphatic carbocycles. The zero-order chi connectivity index (χ0) is 25.5. The third kappa shape index (κ3) is 6.82. The van der Waals surface area contributed by atoms with Gasteiger partial charge in [-0.05, 0) is 41.8 Å². The number of alkyl halides is 3. The Morgan fingerprint density at radius 2 is 1.78 bits per heavy atom. The summed E-state index contributed by atoms with van der Waals surface area (Å²) in [6, 6.07) is 18.3. The summed E-state index contributed by atoms with van der Waals surface area (Å²) < 4.78 is 43.1. The van der Waals surface area contributed by atoms with E-state index in [1.165, 1.54) is 12.1 Å². The molecule has 4 rings (SSSR count). The van der Waals surface area contributed by atoms with Crippen LogP contribution >= 0.6 is 0 Å². The zero-order valence-corrected chi connectivity index (χ0v) is 19.3. The number of carbonyl (C=O) groups is 1. The van der Waals surface area contributed by atoms with Crippen molar-refractivity contribution in [2.24, 2.45) is 0 Å². The molecule has 2 aromatic heterocycles. The molecule has 1 atom stereocenters. The van der Waals surface area contributed by atoms with Gasteiger partial charge in [-0.15, -0.1) is 13.2 Å². The fourth-order valence-corrected chi connectivity index (χ4v) is 3.93. The Hall–Kier alpha value is -3.92. The number of hydrogen-bond donors (Lipinski definition) is 2. The largest absolute Gasteiger partial charge is 0.573 e. The number of benzene rings is 2. The summed E-state index contributed by atoms with van der Waals surface area (Å²) in [5.41, 5.74) is 3.00. The molecule has 188 valence electrons. The highest BCUT2D eigenvalue weighted by atomic mass is 19.4. The van der Waals surface area contributed by atoms with Crippen LogP contribution in [0.15, 0.2) is 72.9 Å². The normalized spacial score (nSPS) is 12.4. The molecule has 2 heterocycles. The Morgan fingerprint density at radius 3 is 2.47 bits per heavy atom. The van der Waals surface area contributed by atoms with E-state index in [4.69, 9.17) is 0 Å². The van der Waals surface area contributed by atoms with E-state index in [0.29, 0.717) is 36.4 Å². The molecule has 1 amide bonds. The first-order valence-electron chi connectivity index (χ1n) is 11.4. The van der Waals surface area contributed by atoms with Crippen molar-refractivity contribution in [3.8, 4) is 5.75 Å². The van der Waals surface area contributed by atoms with Gasteiger partial charge < -0.3 is 19.7 Å². The minimum atomic E-state index is -4.75. The molecule has 0 spiro atoms. The lowest BCUT2D eigenvalue weighted by atomic mass is 10.1. The maximum Gasteiger partial charge on any atom is 0.573 e. The molecule has 0 saturated heterocycles. The van der Waals surface area contributed by atoms with Crippen molar-refractivity contribution < 1.29 is 27.8 Å². The van der Waals surface area contributed by atoms with Crippen LogP contribution in [-0.4, -0.2) is 44.6 Å². The third-order valence-corrected chi connectivity index (χ3v) is 5.57. The zero-order valence-electron chi connectivity index (χ0n) is 19.3. The molecule has 0 aliphatic heterocycles. The number of nitrogens with one attached hydrogen (secondary N) is 1. The number of amides is 1. The van der Waals surface area contributed by atoms with Crippen LogP contribution in [0.2, 0.25) is 0 Å². The summed E-state index contributed by atoms with van der Waals surface area (Å²) in [5, 5.41) is 12.6. The van der Waals surface area contributed by atoms with Crippen molar-refractivity contribution in [2.75, 3.05) is 6.61 Å². The van der Waals surface area contributed by atoms with E-state index >= 15 is 0 Å². The van der Waals surface area contributed by atoms with Gasteiger partial charge in [0.25, 0.3) is 0 Å². The van der Waals surface area contributed by atoms with E-state index in [2.05, 4.69) is 20.0 Å². The van der Waals surface area contributed by atoms with Gasteiger partial charge in [0.15, 0.2) is 5.65 Å². The third-order valence-electron chi connectivity index (χ3n) is 5.57. The lowest BCUT2D eigenvalue weighted by Gasteiger charge is -2.16. The van der Waals surface area contributed by atoms with Gasteiger partial charge in [0, 0.05) is 19.0 Å². The summed E-state index contributed by atoms with van der Waals surface area (Å²) in [4.78, 5) is 21.6. The van der Waals surface area contributed by atoms with Crippen LogP contribution in [0.3, 0.4) is 0 Å². The average molecular weight is 499 g/mol. The molecular formula is C26H25F3N4O3. The number of aryl methyl sites for hydroxylation is 1. The summed E-state index contributed by atoms with van der Waals surface area (Å²) >= 11 is 0. The lowest BCUT2D eigenvalue weighted by molar-refractivity contribution is -0.274. The molecule has 0 fully saturated rings. The number of aromatic nitrogens is 3. The van der Waals surface area contributed by atoms with Crippen LogP contribution in [0.1, 0.15) is 23.4 Å². The molecule has 7 nitrogen and oxygen atoms in total. The van der Waals surface area contributed by atoms with Crippen LogP contribution in [0, 0.1) is 0 Å². The summed E-state index contributed by atoms with van der Waals surface area (Å²) in [6.07, 6.45) is -2.14. The highest BCUT2D eigenvalue weighted by Gasteiger charge is 2.31. The monoisotopic (exact) mass is 498 g/mol. The Balaban J connectivity index is 1.44. The predicted octanol–water partition coefficient (Wildman–Crippen LogP) is 4.03. The maximum atomic E-state index is 12.6. The molecule has 0 bridgehead atoms. The number of halogens is 3. The smallest absolute Gasteiger partial charge is 0.406 e. The van der Waals surface area contributed by atoms with Gasteiger partial charge >= 0.3 is 6.36 Å². The van der Waals surface area contributed by atoms with E-state index in [9.17, 15) is 23.1 Å². The van der Waals surface area contributed by atoms with Crippen molar-refractivity contribution in [1.29, 1.82) is 0 Å². The Labute approximate surface area is 205 Å². The number of nitrogens with zero attached hydrogens (tertiary/aromatic N) is 3. The number of imidazole rings is 1. The van der Waals surface area contributed by atoms with Crippen molar-refractivity contribution in [3.63, 3.8) is 0 Å². The number of aliphatic hydroxyl groups excluding tert-OH is 1. The minimum absolute atomic E-state index is 0.146. The van der Waals surface area contributed by atoms with E-state index in [1.54, 1.807) is 24.4 Å². The highest BCUT2D eigenvalue weighted by Crippen LogP contribution is 2.24. The fraction of sp³-hybridized carbons (Fsp3) is 0.269. The molecule has 2 N–H and O–H groups in total. The number of rotatable bonds is 10. The average Bonchev–Trinajstić information content (AvgIpc) is 3.20. The van der Waals surface area contributed by atoms with Gasteiger partial charge in [-0.1, -0.05) is 42.5 Å². The molecule has 4 aromatic rings. The number of carbonyl (C=O) groups excluding carboxylic acids is 1. The summed E-state index contributed by atoms with van der Waals surface area (Å²) in [7, 11) is 0. The van der Waals surface area contributed by atoms with Crippen LogP contribution in [0.4, 0.5) is 13.2 Å². The van der Waals surface area contributed by atoms with Gasteiger partial charge in [0.05, 0.1) is 19.2 Å². The number of fused-ring (bicyclic) bond motifs is 1. The summed E-state index contributed by atoms with van der Waals surface area (Å²) in [6.45, 7) is 0.126. The van der Waals surface area contributed by atoms with Crippen LogP contribution < -0.4 is 10.1 Å². The predicted molar refractivity (Wildman–Crippen MR) is 127 cm³/mol. The topological polar surface area (TPSA) is 89.3 Å². The van der Waals surface area contributed by atoms with Crippen LogP contribution in [0.5, 0.6) is 5.75 Å². The molecule has 0 unspecified atom stereocenters. The van der Waals surface area contributed by atoms with E-state index < -0.39 is 12.4 Å². The molecule has 0 aliphatic rings. The van der Waals surface area contributed by atoms with E-state index in [-0.39, 0.29) is 24.7 Å². The van der Waals surface area contributed by atoms with Crippen LogP contribution in [0.25, 0.3) is 11.2 Å². The molecular weight excluding hydrogens is 473 g/mol. The Kier molecular flexibility index (Phi) is 7.84. The first-order valence-corrected chi connectivity index (χ1v) is 11.4. The van der Waals surface area contributed by atoms with Gasteiger partial charge in [-0.2, -0.15) is 0 Å². The lowest BCUT2D eigenvalue weighted by Crippen LogP contribution is -2.39.